The van der Waals surface area contributed by atoms with Gasteiger partial charge in [-0.05, 0) is 62.6 Å². The number of amides is 1. The van der Waals surface area contributed by atoms with Crippen molar-refractivity contribution in [2.75, 3.05) is 11.9 Å². The zero-order valence-corrected chi connectivity index (χ0v) is 14.3. The number of ketones is 1. The second-order valence-electron chi connectivity index (χ2n) is 6.13. The van der Waals surface area contributed by atoms with Crippen LogP contribution in [-0.2, 0) is 4.79 Å². The van der Waals surface area contributed by atoms with E-state index in [0.717, 1.165) is 22.6 Å². The van der Waals surface area contributed by atoms with E-state index in [2.05, 4.69) is 5.32 Å². The minimum absolute atomic E-state index is 0.0911. The molecule has 0 saturated carbocycles. The lowest BCUT2D eigenvalue weighted by Crippen LogP contribution is -2.31. The van der Waals surface area contributed by atoms with Crippen molar-refractivity contribution >= 4 is 17.4 Å². The Morgan fingerprint density at radius 1 is 1.33 bits per heavy atom. The van der Waals surface area contributed by atoms with Gasteiger partial charge in [-0.25, -0.2) is 0 Å². The third kappa shape index (κ3) is 2.94. The fourth-order valence-electron chi connectivity index (χ4n) is 3.15. The summed E-state index contributed by atoms with van der Waals surface area (Å²) >= 11 is 0. The number of hydrogen-bond donors (Lipinski definition) is 1. The first-order valence-electron chi connectivity index (χ1n) is 8.26. The van der Waals surface area contributed by atoms with Crippen LogP contribution in [0.15, 0.2) is 30.5 Å². The van der Waals surface area contributed by atoms with Crippen LogP contribution in [0.4, 0.5) is 5.69 Å². The highest BCUT2D eigenvalue weighted by Crippen LogP contribution is 2.29. The number of hydrogen-bond acceptors (Lipinski definition) is 3. The maximum atomic E-state index is 12.7. The van der Waals surface area contributed by atoms with Crippen molar-refractivity contribution in [2.45, 2.75) is 39.7 Å². The molecule has 1 aromatic carbocycles. The molecule has 0 radical (unpaired) electrons. The minimum atomic E-state index is -0.348. The lowest BCUT2D eigenvalue weighted by molar-refractivity contribution is -0.119. The second kappa shape index (κ2) is 6.51. The van der Waals surface area contributed by atoms with E-state index in [-0.39, 0.29) is 17.7 Å². The van der Waals surface area contributed by atoms with Gasteiger partial charge in [0.2, 0.25) is 5.91 Å². The van der Waals surface area contributed by atoms with Crippen molar-refractivity contribution in [1.29, 1.82) is 0 Å². The smallest absolute Gasteiger partial charge is 0.247 e. The highest BCUT2D eigenvalue weighted by atomic mass is 16.5. The van der Waals surface area contributed by atoms with Crippen LogP contribution in [0, 0.1) is 13.8 Å². The summed E-state index contributed by atoms with van der Waals surface area (Å²) in [7, 11) is 0. The van der Waals surface area contributed by atoms with Crippen LogP contribution >= 0.6 is 0 Å². The summed E-state index contributed by atoms with van der Waals surface area (Å²) in [6.07, 6.45) is 2.73. The van der Waals surface area contributed by atoms with E-state index in [1.165, 1.54) is 0 Å². The molecule has 1 N–H and O–H groups in total. The first-order chi connectivity index (χ1) is 11.5. The number of anilines is 1. The Kier molecular flexibility index (Phi) is 4.42. The van der Waals surface area contributed by atoms with Crippen LogP contribution in [0.5, 0.6) is 5.75 Å². The summed E-state index contributed by atoms with van der Waals surface area (Å²) < 4.78 is 7.36. The number of nitrogens with one attached hydrogen (secondary N) is 1. The van der Waals surface area contributed by atoms with Gasteiger partial charge in [-0.1, -0.05) is 0 Å². The number of carbonyl (C=O) groups excluding carboxylic acids is 2. The third-order valence-corrected chi connectivity index (χ3v) is 4.43. The molecule has 0 spiro atoms. The number of rotatable bonds is 4. The molecule has 126 valence electrons. The SMILES string of the molecule is CCOc1cc(C)c(NC(=O)[C@@H]2CCC(=O)c3cccn32)cc1C. The Morgan fingerprint density at radius 2 is 2.12 bits per heavy atom. The Labute approximate surface area is 141 Å². The van der Waals surface area contributed by atoms with Crippen LogP contribution in [0.1, 0.15) is 47.4 Å². The van der Waals surface area contributed by atoms with Crippen LogP contribution in [0.2, 0.25) is 0 Å². The molecule has 1 aliphatic rings. The van der Waals surface area contributed by atoms with Gasteiger partial charge in [-0.3, -0.25) is 9.59 Å². The molecule has 2 aromatic rings. The Hall–Kier alpha value is -2.56. The number of benzene rings is 1. The third-order valence-electron chi connectivity index (χ3n) is 4.43. The number of nitrogens with zero attached hydrogens (tertiary/aromatic N) is 1. The summed E-state index contributed by atoms with van der Waals surface area (Å²) in [6.45, 7) is 6.47. The maximum Gasteiger partial charge on any atom is 0.247 e. The number of Topliss-reactive ketones (excluding diaryl/α,β-unsaturated/α-hetero) is 1. The number of fused-ring (bicyclic) bond motifs is 1. The first kappa shape index (κ1) is 16.3. The molecule has 0 saturated heterocycles. The van der Waals surface area contributed by atoms with Crippen LogP contribution < -0.4 is 10.1 Å². The number of aromatic nitrogens is 1. The van der Waals surface area contributed by atoms with E-state index >= 15 is 0 Å². The highest BCUT2D eigenvalue weighted by molar-refractivity contribution is 6.00. The fraction of sp³-hybridized carbons (Fsp3) is 0.368. The predicted molar refractivity (Wildman–Crippen MR) is 92.7 cm³/mol. The Morgan fingerprint density at radius 3 is 2.88 bits per heavy atom. The normalized spacial score (nSPS) is 16.6. The average molecular weight is 326 g/mol. The van der Waals surface area contributed by atoms with Crippen LogP contribution in [0.25, 0.3) is 0 Å². The lowest BCUT2D eigenvalue weighted by Gasteiger charge is -2.25. The fourth-order valence-corrected chi connectivity index (χ4v) is 3.15. The molecule has 2 heterocycles. The van der Waals surface area contributed by atoms with Gasteiger partial charge in [-0.2, -0.15) is 0 Å². The molecule has 1 atom stereocenters. The number of ether oxygens (including phenoxy) is 1. The molecule has 5 nitrogen and oxygen atoms in total. The molecule has 0 fully saturated rings. The second-order valence-corrected chi connectivity index (χ2v) is 6.13. The van der Waals surface area contributed by atoms with Crippen LogP contribution in [-0.4, -0.2) is 22.9 Å². The van der Waals surface area contributed by atoms with Crippen molar-refractivity contribution in [3.05, 3.63) is 47.3 Å². The molecule has 0 bridgehead atoms. The zero-order chi connectivity index (χ0) is 17.3. The van der Waals surface area contributed by atoms with Crippen molar-refractivity contribution in [1.82, 2.24) is 4.57 Å². The van der Waals surface area contributed by atoms with Crippen molar-refractivity contribution in [3.63, 3.8) is 0 Å². The topological polar surface area (TPSA) is 60.3 Å². The quantitative estimate of drug-likeness (QED) is 0.933. The van der Waals surface area contributed by atoms with E-state index in [1.54, 1.807) is 16.8 Å². The minimum Gasteiger partial charge on any atom is -0.494 e. The molecule has 24 heavy (non-hydrogen) atoms. The van der Waals surface area contributed by atoms with Gasteiger partial charge in [-0.15, -0.1) is 0 Å². The van der Waals surface area contributed by atoms with Gasteiger partial charge in [0.05, 0.1) is 12.3 Å². The summed E-state index contributed by atoms with van der Waals surface area (Å²) in [4.78, 5) is 24.6. The molecular weight excluding hydrogens is 304 g/mol. The number of carbonyl (C=O) groups is 2. The van der Waals surface area contributed by atoms with Gasteiger partial charge in [0, 0.05) is 18.3 Å². The van der Waals surface area contributed by atoms with E-state index in [4.69, 9.17) is 4.74 Å². The van der Waals surface area contributed by atoms with Gasteiger partial charge < -0.3 is 14.6 Å². The van der Waals surface area contributed by atoms with Gasteiger partial charge >= 0.3 is 0 Å². The summed E-state index contributed by atoms with van der Waals surface area (Å²) in [6, 6.07) is 7.11. The van der Waals surface area contributed by atoms with Gasteiger partial charge in [0.25, 0.3) is 0 Å². The van der Waals surface area contributed by atoms with E-state index in [9.17, 15) is 9.59 Å². The summed E-state index contributed by atoms with van der Waals surface area (Å²) in [5.41, 5.74) is 3.34. The molecule has 1 aromatic heterocycles. The lowest BCUT2D eigenvalue weighted by atomic mass is 10.0. The zero-order valence-electron chi connectivity index (χ0n) is 14.3. The van der Waals surface area contributed by atoms with E-state index < -0.39 is 0 Å². The standard InChI is InChI=1S/C19H22N2O3/c1-4-24-18-11-12(2)14(10-13(18)3)20-19(23)16-7-8-17(22)15-6-5-9-21(15)16/h5-6,9-11,16H,4,7-8H2,1-3H3,(H,20,23)/t16-/m0/s1. The molecule has 0 unspecified atom stereocenters. The van der Waals surface area contributed by atoms with Crippen LogP contribution in [0.3, 0.4) is 0 Å². The highest BCUT2D eigenvalue weighted by Gasteiger charge is 2.29. The molecule has 5 heteroatoms. The predicted octanol–water partition coefficient (Wildman–Crippen LogP) is 3.66. The summed E-state index contributed by atoms with van der Waals surface area (Å²) in [5.74, 6) is 0.840. The Bertz CT molecular complexity index is 792. The van der Waals surface area contributed by atoms with E-state index in [0.29, 0.717) is 25.1 Å². The van der Waals surface area contributed by atoms with Crippen molar-refractivity contribution in [2.24, 2.45) is 0 Å². The van der Waals surface area contributed by atoms with E-state index in [1.807, 2.05) is 39.0 Å². The first-order valence-corrected chi connectivity index (χ1v) is 8.26. The average Bonchev–Trinajstić information content (AvgIpc) is 3.03. The monoisotopic (exact) mass is 326 g/mol. The molecule has 0 aliphatic carbocycles. The maximum absolute atomic E-state index is 12.7. The molecule has 1 amide bonds. The largest absolute Gasteiger partial charge is 0.494 e. The molecular formula is C19H22N2O3. The van der Waals surface area contributed by atoms with Crippen molar-refractivity contribution in [3.8, 4) is 5.75 Å². The number of aryl methyl sites for hydroxylation is 2. The molecule has 1 aliphatic heterocycles. The van der Waals surface area contributed by atoms with Gasteiger partial charge in [0.15, 0.2) is 5.78 Å². The van der Waals surface area contributed by atoms with Crippen molar-refractivity contribution < 1.29 is 14.3 Å². The van der Waals surface area contributed by atoms with Gasteiger partial charge in [0.1, 0.15) is 11.8 Å². The summed E-state index contributed by atoms with van der Waals surface area (Å²) in [5, 5.41) is 3.01. The Balaban J connectivity index is 1.83. The molecule has 3 rings (SSSR count).